The van der Waals surface area contributed by atoms with Crippen molar-refractivity contribution in [2.24, 2.45) is 0 Å². The molecule has 2 aliphatic rings. The maximum absolute atomic E-state index is 13.6. The van der Waals surface area contributed by atoms with Crippen LogP contribution in [0.1, 0.15) is 64.8 Å². The molecule has 6 nitrogen and oxygen atoms in total. The molecule has 0 radical (unpaired) electrons. The number of hydrogen-bond donors (Lipinski definition) is 1. The fourth-order valence-electron chi connectivity index (χ4n) is 4.77. The molecule has 0 bridgehead atoms. The second-order valence-electron chi connectivity index (χ2n) is 8.30. The zero-order valence-electron chi connectivity index (χ0n) is 18.4. The van der Waals surface area contributed by atoms with Crippen LogP contribution in [0.5, 0.6) is 0 Å². The number of aryl methyl sites for hydroxylation is 1. The maximum Gasteiger partial charge on any atom is 0.340 e. The molecule has 32 heavy (non-hydrogen) atoms. The van der Waals surface area contributed by atoms with Crippen molar-refractivity contribution in [3.63, 3.8) is 0 Å². The Labute approximate surface area is 191 Å². The molecule has 7 heteroatoms. The van der Waals surface area contributed by atoms with E-state index in [9.17, 15) is 9.59 Å². The molecule has 5 rings (SSSR count). The molecular formula is C25H27N3O3S. The Hall–Kier alpha value is -3.06. The number of carbonyl (C=O) groups excluding carboxylic acids is 2. The summed E-state index contributed by atoms with van der Waals surface area (Å²) in [4.78, 5) is 29.3. The number of para-hydroxylation sites is 1. The second-order valence-corrected chi connectivity index (χ2v) is 9.38. The molecule has 3 aromatic rings. The minimum absolute atomic E-state index is 0.112. The number of rotatable bonds is 3. The molecule has 0 fully saturated rings. The van der Waals surface area contributed by atoms with E-state index >= 15 is 0 Å². The number of carbonyl (C=O) groups is 2. The summed E-state index contributed by atoms with van der Waals surface area (Å²) in [6, 6.07) is 10.8. The first-order chi connectivity index (χ1) is 15.6. The summed E-state index contributed by atoms with van der Waals surface area (Å²) in [5.74, 6) is -0.435. The Bertz CT molecular complexity index is 1180. The van der Waals surface area contributed by atoms with Crippen LogP contribution in [-0.2, 0) is 24.1 Å². The van der Waals surface area contributed by atoms with Crippen LogP contribution in [0.25, 0.3) is 5.00 Å². The summed E-state index contributed by atoms with van der Waals surface area (Å²) in [6.07, 6.45) is 6.73. The number of ether oxygens (including phenoxy) is 1. The van der Waals surface area contributed by atoms with Gasteiger partial charge < -0.3 is 19.5 Å². The molecule has 2 amide bonds. The van der Waals surface area contributed by atoms with Crippen molar-refractivity contribution < 1.29 is 14.3 Å². The van der Waals surface area contributed by atoms with E-state index in [1.165, 1.54) is 33.8 Å². The van der Waals surface area contributed by atoms with Crippen molar-refractivity contribution in [1.82, 2.24) is 9.47 Å². The molecule has 166 valence electrons. The highest BCUT2D eigenvalue weighted by Gasteiger charge is 2.33. The van der Waals surface area contributed by atoms with E-state index in [0.29, 0.717) is 17.8 Å². The topological polar surface area (TPSA) is 63.6 Å². The van der Waals surface area contributed by atoms with Crippen molar-refractivity contribution in [2.45, 2.75) is 52.1 Å². The first-order valence-corrected chi connectivity index (χ1v) is 12.0. The van der Waals surface area contributed by atoms with E-state index < -0.39 is 5.97 Å². The van der Waals surface area contributed by atoms with Gasteiger partial charge in [-0.1, -0.05) is 12.1 Å². The van der Waals surface area contributed by atoms with Gasteiger partial charge in [0.2, 0.25) is 0 Å². The number of nitrogens with zero attached hydrogens (tertiary/aromatic N) is 2. The minimum Gasteiger partial charge on any atom is -0.462 e. The summed E-state index contributed by atoms with van der Waals surface area (Å²) in [5, 5.41) is 4.23. The summed E-state index contributed by atoms with van der Waals surface area (Å²) in [5.41, 5.74) is 4.61. The van der Waals surface area contributed by atoms with Gasteiger partial charge in [-0.3, -0.25) is 0 Å². The highest BCUT2D eigenvalue weighted by atomic mass is 32.1. The quantitative estimate of drug-likeness (QED) is 0.522. The lowest BCUT2D eigenvalue weighted by Gasteiger charge is -2.28. The Morgan fingerprint density at radius 2 is 1.94 bits per heavy atom. The predicted molar refractivity (Wildman–Crippen MR) is 126 cm³/mol. The number of nitrogens with one attached hydrogen (secondary N) is 1. The van der Waals surface area contributed by atoms with Crippen molar-refractivity contribution >= 4 is 29.0 Å². The maximum atomic E-state index is 13.6. The lowest BCUT2D eigenvalue weighted by atomic mass is 9.95. The molecule has 0 saturated heterocycles. The van der Waals surface area contributed by atoms with Gasteiger partial charge in [-0.2, -0.15) is 0 Å². The largest absolute Gasteiger partial charge is 0.462 e. The van der Waals surface area contributed by atoms with Gasteiger partial charge in [0.1, 0.15) is 5.00 Å². The van der Waals surface area contributed by atoms with Gasteiger partial charge in [0.25, 0.3) is 0 Å². The van der Waals surface area contributed by atoms with Crippen LogP contribution < -0.4 is 5.32 Å². The number of thiophene rings is 1. The van der Waals surface area contributed by atoms with E-state index in [1.54, 1.807) is 25.1 Å². The third-order valence-corrected chi connectivity index (χ3v) is 7.74. The van der Waals surface area contributed by atoms with Gasteiger partial charge in [0.15, 0.2) is 0 Å². The fraction of sp³-hybridized carbons (Fsp3) is 0.360. The van der Waals surface area contributed by atoms with Gasteiger partial charge in [-0.25, -0.2) is 9.59 Å². The Kier molecular flexibility index (Phi) is 5.51. The molecular weight excluding hydrogens is 422 g/mol. The van der Waals surface area contributed by atoms with Gasteiger partial charge in [-0.05, 0) is 69.4 Å². The third-order valence-electron chi connectivity index (χ3n) is 6.41. The number of urea groups is 1. The summed E-state index contributed by atoms with van der Waals surface area (Å²) in [6.45, 7) is 4.67. The molecule has 1 aliphatic carbocycles. The molecule has 1 atom stereocenters. The normalized spacial score (nSPS) is 17.1. The first-order valence-electron chi connectivity index (χ1n) is 11.2. The third kappa shape index (κ3) is 3.50. The highest BCUT2D eigenvalue weighted by Crippen LogP contribution is 2.42. The molecule has 1 N–H and O–H groups in total. The molecule has 0 spiro atoms. The molecule has 2 aromatic heterocycles. The summed E-state index contributed by atoms with van der Waals surface area (Å²) >= 11 is 1.87. The van der Waals surface area contributed by atoms with Crippen LogP contribution >= 0.6 is 11.3 Å². The number of fused-ring (bicyclic) bond motifs is 5. The summed E-state index contributed by atoms with van der Waals surface area (Å²) < 4.78 is 7.42. The van der Waals surface area contributed by atoms with Crippen LogP contribution in [0, 0.1) is 0 Å². The van der Waals surface area contributed by atoms with Crippen LogP contribution in [0.2, 0.25) is 0 Å². The highest BCUT2D eigenvalue weighted by molar-refractivity contribution is 7.15. The lowest BCUT2D eigenvalue weighted by molar-refractivity contribution is 0.0527. The van der Waals surface area contributed by atoms with Crippen molar-refractivity contribution in [1.29, 1.82) is 0 Å². The van der Waals surface area contributed by atoms with Crippen LogP contribution in [0.3, 0.4) is 0 Å². The second kappa shape index (κ2) is 8.47. The predicted octanol–water partition coefficient (Wildman–Crippen LogP) is 5.70. The lowest BCUT2D eigenvalue weighted by Crippen LogP contribution is -2.36. The van der Waals surface area contributed by atoms with Crippen LogP contribution in [0.15, 0.2) is 42.6 Å². The van der Waals surface area contributed by atoms with Crippen LogP contribution in [0.4, 0.5) is 10.5 Å². The van der Waals surface area contributed by atoms with Crippen molar-refractivity contribution in [3.8, 4) is 5.00 Å². The SMILES string of the molecule is CCOC(=O)c1ccccc1NC(=O)N1Cc2c(sc3c2CCCC3)-n2cccc2C1C. The molecule has 1 aromatic carbocycles. The van der Waals surface area contributed by atoms with Crippen LogP contribution in [-0.4, -0.2) is 28.1 Å². The number of hydrogen-bond acceptors (Lipinski definition) is 4. The molecule has 0 saturated carbocycles. The molecule has 1 aliphatic heterocycles. The average molecular weight is 450 g/mol. The van der Waals surface area contributed by atoms with E-state index in [-0.39, 0.29) is 18.7 Å². The fourth-order valence-corrected chi connectivity index (χ4v) is 6.18. The Balaban J connectivity index is 1.50. The monoisotopic (exact) mass is 449 g/mol. The van der Waals surface area contributed by atoms with Gasteiger partial charge >= 0.3 is 12.0 Å². The first kappa shape index (κ1) is 20.8. The average Bonchev–Trinajstić information content (AvgIpc) is 3.40. The van der Waals surface area contributed by atoms with E-state index in [2.05, 4.69) is 29.1 Å². The van der Waals surface area contributed by atoms with E-state index in [1.807, 2.05) is 28.4 Å². The standard InChI is InChI=1S/C25H27N3O3S/c1-3-31-24(29)18-10-4-6-11-20(18)26-25(30)28-15-19-17-9-5-7-13-22(17)32-23(19)27-14-8-12-21(27)16(28)2/h4,6,8,10-12,14,16H,3,5,7,9,13,15H2,1-2H3,(H,26,30). The van der Waals surface area contributed by atoms with E-state index in [4.69, 9.17) is 4.74 Å². The zero-order chi connectivity index (χ0) is 22.2. The number of anilines is 1. The Morgan fingerprint density at radius 1 is 1.12 bits per heavy atom. The molecule has 1 unspecified atom stereocenters. The number of aromatic nitrogens is 1. The van der Waals surface area contributed by atoms with Gasteiger partial charge in [0.05, 0.1) is 30.4 Å². The smallest absolute Gasteiger partial charge is 0.340 e. The van der Waals surface area contributed by atoms with Gasteiger partial charge in [0, 0.05) is 22.3 Å². The van der Waals surface area contributed by atoms with Crippen molar-refractivity contribution in [3.05, 3.63) is 69.9 Å². The molecule has 3 heterocycles. The number of amides is 2. The van der Waals surface area contributed by atoms with Crippen molar-refractivity contribution in [2.75, 3.05) is 11.9 Å². The zero-order valence-corrected chi connectivity index (χ0v) is 19.2. The number of benzene rings is 1. The Morgan fingerprint density at radius 3 is 2.78 bits per heavy atom. The van der Waals surface area contributed by atoms with Gasteiger partial charge in [-0.15, -0.1) is 11.3 Å². The summed E-state index contributed by atoms with van der Waals surface area (Å²) in [7, 11) is 0. The van der Waals surface area contributed by atoms with E-state index in [0.717, 1.165) is 18.5 Å². The minimum atomic E-state index is -0.435. The number of esters is 1.